The molecule has 6 heteroatoms. The number of aliphatic hydroxyl groups excluding tert-OH is 1. The van der Waals surface area contributed by atoms with Gasteiger partial charge < -0.3 is 15.3 Å². The van der Waals surface area contributed by atoms with Gasteiger partial charge in [0.1, 0.15) is 5.01 Å². The van der Waals surface area contributed by atoms with Crippen molar-refractivity contribution in [2.24, 2.45) is 5.92 Å². The van der Waals surface area contributed by atoms with Crippen molar-refractivity contribution < 1.29 is 9.90 Å². The van der Waals surface area contributed by atoms with Crippen molar-refractivity contribution in [2.75, 3.05) is 20.1 Å². The van der Waals surface area contributed by atoms with Crippen LogP contribution in [0.1, 0.15) is 12.1 Å². The first-order chi connectivity index (χ1) is 11.1. The van der Waals surface area contributed by atoms with Crippen molar-refractivity contribution >= 4 is 17.2 Å². The molecule has 0 unspecified atom stereocenters. The summed E-state index contributed by atoms with van der Waals surface area (Å²) in [6, 6.07) is 9.99. The smallest absolute Gasteiger partial charge is 0.227 e. The summed E-state index contributed by atoms with van der Waals surface area (Å²) in [6.07, 6.45) is 0.0882. The third-order valence-electron chi connectivity index (χ3n) is 4.13. The first-order valence-corrected chi connectivity index (χ1v) is 8.65. The quantitative estimate of drug-likeness (QED) is 0.896. The molecule has 122 valence electrons. The van der Waals surface area contributed by atoms with E-state index in [2.05, 4.69) is 15.2 Å². The van der Waals surface area contributed by atoms with Gasteiger partial charge in [-0.2, -0.15) is 0 Å². The summed E-state index contributed by atoms with van der Waals surface area (Å²) < 4.78 is 0. The molecule has 0 saturated carbocycles. The third-order valence-corrected chi connectivity index (χ3v) is 5.07. The fourth-order valence-electron chi connectivity index (χ4n) is 2.77. The molecule has 5 nitrogen and oxygen atoms in total. The molecule has 2 atom stereocenters. The van der Waals surface area contributed by atoms with Crippen LogP contribution in [0.3, 0.4) is 0 Å². The van der Waals surface area contributed by atoms with Crippen LogP contribution in [0, 0.1) is 5.92 Å². The number of hydrogen-bond acceptors (Lipinski definition) is 5. The van der Waals surface area contributed by atoms with Crippen LogP contribution in [0.4, 0.5) is 0 Å². The van der Waals surface area contributed by atoms with Gasteiger partial charge in [0.05, 0.1) is 24.3 Å². The number of thiazole rings is 1. The summed E-state index contributed by atoms with van der Waals surface area (Å²) in [5.74, 6) is -0.459. The van der Waals surface area contributed by atoms with Gasteiger partial charge in [-0.25, -0.2) is 4.98 Å². The van der Waals surface area contributed by atoms with Gasteiger partial charge in [-0.15, -0.1) is 11.3 Å². The lowest BCUT2D eigenvalue weighted by atomic mass is 9.94. The van der Waals surface area contributed by atoms with E-state index in [-0.39, 0.29) is 11.8 Å². The monoisotopic (exact) mass is 331 g/mol. The van der Waals surface area contributed by atoms with E-state index in [4.69, 9.17) is 0 Å². The lowest BCUT2D eigenvalue weighted by Gasteiger charge is -2.32. The predicted molar refractivity (Wildman–Crippen MR) is 91.0 cm³/mol. The Labute approximate surface area is 140 Å². The molecular weight excluding hydrogens is 310 g/mol. The van der Waals surface area contributed by atoms with E-state index in [1.54, 1.807) is 11.3 Å². The number of aliphatic hydroxyl groups is 1. The number of amides is 1. The Bertz CT molecular complexity index is 659. The van der Waals surface area contributed by atoms with Crippen molar-refractivity contribution in [1.82, 2.24) is 15.2 Å². The fraction of sp³-hybridized carbons (Fsp3) is 0.412. The summed E-state index contributed by atoms with van der Waals surface area (Å²) in [6.45, 7) is 1.83. The van der Waals surface area contributed by atoms with E-state index >= 15 is 0 Å². The lowest BCUT2D eigenvalue weighted by Crippen LogP contribution is -2.48. The molecule has 0 spiro atoms. The van der Waals surface area contributed by atoms with Gasteiger partial charge in [0.25, 0.3) is 0 Å². The summed E-state index contributed by atoms with van der Waals surface area (Å²) >= 11 is 1.57. The molecule has 1 aliphatic heterocycles. The molecule has 3 rings (SSSR count). The minimum atomic E-state index is -0.554. The van der Waals surface area contributed by atoms with Gasteiger partial charge in [0.2, 0.25) is 5.91 Å². The lowest BCUT2D eigenvalue weighted by molar-refractivity contribution is -0.131. The Morgan fingerprint density at radius 3 is 3.00 bits per heavy atom. The zero-order valence-corrected chi connectivity index (χ0v) is 13.9. The molecule has 1 saturated heterocycles. The minimum absolute atomic E-state index is 0.0988. The van der Waals surface area contributed by atoms with Gasteiger partial charge in [0, 0.05) is 24.0 Å². The topological polar surface area (TPSA) is 65.5 Å². The van der Waals surface area contributed by atoms with Crippen molar-refractivity contribution in [3.8, 4) is 10.6 Å². The minimum Gasteiger partial charge on any atom is -0.392 e. The van der Waals surface area contributed by atoms with Crippen molar-refractivity contribution in [1.29, 1.82) is 0 Å². The molecule has 0 bridgehead atoms. The van der Waals surface area contributed by atoms with Gasteiger partial charge in [-0.3, -0.25) is 4.79 Å². The Balaban J connectivity index is 1.58. The zero-order chi connectivity index (χ0) is 16.2. The molecule has 2 N–H and O–H groups in total. The normalized spacial score (nSPS) is 22.0. The largest absolute Gasteiger partial charge is 0.392 e. The van der Waals surface area contributed by atoms with Gasteiger partial charge in [0.15, 0.2) is 0 Å². The maximum atomic E-state index is 12.3. The Kier molecular flexibility index (Phi) is 5.05. The van der Waals surface area contributed by atoms with Gasteiger partial charge in [-0.1, -0.05) is 30.3 Å². The highest BCUT2D eigenvalue weighted by atomic mass is 32.1. The number of benzene rings is 1. The highest BCUT2D eigenvalue weighted by Crippen LogP contribution is 2.23. The Morgan fingerprint density at radius 2 is 2.22 bits per heavy atom. The first-order valence-electron chi connectivity index (χ1n) is 7.77. The molecule has 1 fully saturated rings. The van der Waals surface area contributed by atoms with Crippen molar-refractivity contribution in [3.05, 3.63) is 41.4 Å². The third kappa shape index (κ3) is 3.96. The second-order valence-electron chi connectivity index (χ2n) is 5.95. The number of rotatable bonds is 4. The number of nitrogens with zero attached hydrogens (tertiary/aromatic N) is 2. The number of nitrogens with one attached hydrogen (secondary N) is 1. The SMILES string of the molecule is CN1CC[C@@H](O)[C@H](C(=O)NCc2csc(-c3ccccc3)n2)C1. The van der Waals surface area contributed by atoms with Crippen LogP contribution in [0.2, 0.25) is 0 Å². The average molecular weight is 331 g/mol. The van der Waals surface area contributed by atoms with Crippen LogP contribution >= 0.6 is 11.3 Å². The zero-order valence-electron chi connectivity index (χ0n) is 13.1. The maximum absolute atomic E-state index is 12.3. The van der Waals surface area contributed by atoms with Crippen LogP contribution < -0.4 is 5.32 Å². The molecule has 1 aromatic carbocycles. The molecule has 1 aromatic heterocycles. The van der Waals surface area contributed by atoms with E-state index in [9.17, 15) is 9.90 Å². The molecular formula is C17H21N3O2S. The molecule has 0 radical (unpaired) electrons. The van der Waals surface area contributed by atoms with E-state index in [0.717, 1.165) is 22.8 Å². The molecule has 0 aliphatic carbocycles. The first kappa shape index (κ1) is 16.1. The second kappa shape index (κ2) is 7.21. The van der Waals surface area contributed by atoms with Crippen LogP contribution in [0.15, 0.2) is 35.7 Å². The highest BCUT2D eigenvalue weighted by molar-refractivity contribution is 7.13. The number of carbonyl (C=O) groups excluding carboxylic acids is 1. The van der Waals surface area contributed by atoms with Crippen LogP contribution in [0.25, 0.3) is 10.6 Å². The maximum Gasteiger partial charge on any atom is 0.227 e. The van der Waals surface area contributed by atoms with Crippen molar-refractivity contribution in [2.45, 2.75) is 19.1 Å². The molecule has 23 heavy (non-hydrogen) atoms. The Morgan fingerprint density at radius 1 is 1.43 bits per heavy atom. The molecule has 2 heterocycles. The fourth-order valence-corrected chi connectivity index (χ4v) is 3.60. The summed E-state index contributed by atoms with van der Waals surface area (Å²) in [7, 11) is 1.97. The van der Waals surface area contributed by atoms with E-state index < -0.39 is 6.10 Å². The molecule has 2 aromatic rings. The van der Waals surface area contributed by atoms with Gasteiger partial charge in [-0.05, 0) is 13.5 Å². The second-order valence-corrected chi connectivity index (χ2v) is 6.81. The van der Waals surface area contributed by atoms with Crippen LogP contribution in [-0.2, 0) is 11.3 Å². The number of hydrogen-bond donors (Lipinski definition) is 2. The van der Waals surface area contributed by atoms with E-state index in [1.807, 2.05) is 42.8 Å². The summed E-state index contributed by atoms with van der Waals surface area (Å²) in [5, 5.41) is 15.8. The predicted octanol–water partition coefficient (Wildman–Crippen LogP) is 1.74. The Hall–Kier alpha value is -1.76. The number of aromatic nitrogens is 1. The number of likely N-dealkylation sites (tertiary alicyclic amines) is 1. The molecule has 1 amide bonds. The van der Waals surface area contributed by atoms with E-state index in [1.165, 1.54) is 0 Å². The highest BCUT2D eigenvalue weighted by Gasteiger charge is 2.31. The summed E-state index contributed by atoms with van der Waals surface area (Å²) in [5.41, 5.74) is 1.93. The van der Waals surface area contributed by atoms with Crippen LogP contribution in [-0.4, -0.2) is 47.1 Å². The van der Waals surface area contributed by atoms with Gasteiger partial charge >= 0.3 is 0 Å². The molecule has 1 aliphatic rings. The number of carbonyl (C=O) groups is 1. The average Bonchev–Trinajstić information content (AvgIpc) is 3.05. The van der Waals surface area contributed by atoms with E-state index in [0.29, 0.717) is 19.5 Å². The summed E-state index contributed by atoms with van der Waals surface area (Å²) in [4.78, 5) is 18.9. The van der Waals surface area contributed by atoms with Crippen LogP contribution in [0.5, 0.6) is 0 Å². The standard InChI is InChI=1S/C17H21N3O2S/c1-20-8-7-15(21)14(10-20)16(22)18-9-13-11-23-17(19-13)12-5-3-2-4-6-12/h2-6,11,14-15,21H,7-10H2,1H3,(H,18,22)/t14-,15-/m1/s1. The van der Waals surface area contributed by atoms with Crippen molar-refractivity contribution in [3.63, 3.8) is 0 Å². The number of piperidine rings is 1.